The van der Waals surface area contributed by atoms with Crippen LogP contribution in [0.15, 0.2) is 29.2 Å². The molecule has 0 spiro atoms. The zero-order valence-corrected chi connectivity index (χ0v) is 20.1. The number of nitrogens with zero attached hydrogens (tertiary/aromatic N) is 1. The maximum atomic E-state index is 10.4. The average Bonchev–Trinajstić information content (AvgIpc) is 2.59. The van der Waals surface area contributed by atoms with Gasteiger partial charge in [0, 0.05) is 18.6 Å². The molecule has 0 fully saturated rings. The number of aryl methyl sites for hydroxylation is 1. The first-order valence-electron chi connectivity index (χ1n) is 10.5. The Balaban J connectivity index is 0.000000604. The SMILES string of the molecule is CCCCCCOCC[N+](C)(C)CCC(C)(C)N.Cc1ccc(S(=O)(=O)[O-])cc1. The first kappa shape index (κ1) is 28.0. The number of likely N-dealkylation sites (N-methyl/N-ethyl adjacent to an activating group) is 1. The van der Waals surface area contributed by atoms with Crippen LogP contribution in [0.3, 0.4) is 0 Å². The Morgan fingerprint density at radius 1 is 1.03 bits per heavy atom. The summed E-state index contributed by atoms with van der Waals surface area (Å²) < 4.78 is 37.9. The van der Waals surface area contributed by atoms with Crippen molar-refractivity contribution in [1.29, 1.82) is 0 Å². The van der Waals surface area contributed by atoms with Crippen LogP contribution < -0.4 is 5.73 Å². The maximum Gasteiger partial charge on any atom is 0.124 e. The third kappa shape index (κ3) is 16.5. The number of benzene rings is 1. The second-order valence-electron chi connectivity index (χ2n) is 9.06. The zero-order chi connectivity index (χ0) is 22.6. The Labute approximate surface area is 178 Å². The van der Waals surface area contributed by atoms with Gasteiger partial charge in [0.05, 0.1) is 32.1 Å². The van der Waals surface area contributed by atoms with Gasteiger partial charge in [-0.3, -0.25) is 0 Å². The number of hydrogen-bond acceptors (Lipinski definition) is 5. The molecule has 0 aromatic heterocycles. The molecule has 1 rings (SSSR count). The Hall–Kier alpha value is -0.990. The topological polar surface area (TPSA) is 92.5 Å². The molecule has 0 radical (unpaired) electrons. The summed E-state index contributed by atoms with van der Waals surface area (Å²) in [7, 11) is 0.243. The fourth-order valence-corrected chi connectivity index (χ4v) is 2.92. The Kier molecular flexibility index (Phi) is 12.9. The molecular weight excluding hydrogens is 388 g/mol. The van der Waals surface area contributed by atoms with Crippen molar-refractivity contribution in [2.75, 3.05) is 40.4 Å². The van der Waals surface area contributed by atoms with E-state index in [9.17, 15) is 13.0 Å². The minimum atomic E-state index is -4.27. The summed E-state index contributed by atoms with van der Waals surface area (Å²) in [6.07, 6.45) is 6.18. The summed E-state index contributed by atoms with van der Waals surface area (Å²) in [4.78, 5) is -0.178. The van der Waals surface area contributed by atoms with E-state index in [1.165, 1.54) is 37.8 Å². The van der Waals surface area contributed by atoms with Crippen molar-refractivity contribution in [3.8, 4) is 0 Å². The predicted octanol–water partition coefficient (Wildman–Crippen LogP) is 3.69. The molecular formula is C22H42N2O4S. The lowest BCUT2D eigenvalue weighted by molar-refractivity contribution is -0.891. The molecule has 0 saturated heterocycles. The minimum absolute atomic E-state index is 0.0590. The normalized spacial score (nSPS) is 12.4. The number of ether oxygens (including phenoxy) is 1. The number of unbranched alkanes of at least 4 members (excludes halogenated alkanes) is 3. The third-order valence-electron chi connectivity index (χ3n) is 4.65. The van der Waals surface area contributed by atoms with Crippen LogP contribution in [0.25, 0.3) is 0 Å². The van der Waals surface area contributed by atoms with Gasteiger partial charge in [-0.15, -0.1) is 0 Å². The van der Waals surface area contributed by atoms with E-state index in [-0.39, 0.29) is 10.4 Å². The van der Waals surface area contributed by atoms with Crippen LogP contribution in [-0.4, -0.2) is 63.4 Å². The molecule has 0 saturated carbocycles. The zero-order valence-electron chi connectivity index (χ0n) is 19.2. The van der Waals surface area contributed by atoms with Crippen LogP contribution in [0.1, 0.15) is 58.4 Å². The molecule has 1 aromatic rings. The second-order valence-corrected chi connectivity index (χ2v) is 10.4. The number of quaternary nitrogens is 1. The summed E-state index contributed by atoms with van der Waals surface area (Å²) in [5.74, 6) is 0. The first-order chi connectivity index (χ1) is 13.3. The molecule has 1 aromatic carbocycles. The van der Waals surface area contributed by atoms with E-state index in [1.54, 1.807) is 12.1 Å². The summed E-state index contributed by atoms with van der Waals surface area (Å²) in [6, 6.07) is 5.78. The fourth-order valence-electron chi connectivity index (χ4n) is 2.45. The van der Waals surface area contributed by atoms with E-state index in [2.05, 4.69) is 34.9 Å². The van der Waals surface area contributed by atoms with Crippen molar-refractivity contribution < 1.29 is 22.2 Å². The van der Waals surface area contributed by atoms with Crippen LogP contribution in [-0.2, 0) is 14.9 Å². The quantitative estimate of drug-likeness (QED) is 0.310. The lowest BCUT2D eigenvalue weighted by Gasteiger charge is -2.32. The van der Waals surface area contributed by atoms with Crippen molar-refractivity contribution in [2.45, 2.75) is 70.2 Å². The van der Waals surface area contributed by atoms with Crippen LogP contribution in [0, 0.1) is 6.92 Å². The van der Waals surface area contributed by atoms with Gasteiger partial charge in [-0.05, 0) is 39.3 Å². The van der Waals surface area contributed by atoms with Gasteiger partial charge in [0.2, 0.25) is 0 Å². The molecule has 7 heteroatoms. The van der Waals surface area contributed by atoms with E-state index in [0.29, 0.717) is 0 Å². The van der Waals surface area contributed by atoms with Crippen LogP contribution in [0.5, 0.6) is 0 Å². The van der Waals surface area contributed by atoms with Gasteiger partial charge >= 0.3 is 0 Å². The standard InChI is InChI=1S/C15H35N2O.C7H8O3S/c1-6-7-8-9-13-18-14-12-17(4,5)11-10-15(2,3)16;1-6-2-4-7(5-3-6)11(8,9)10/h6-14,16H2,1-5H3;2-5H,1H3,(H,8,9,10)/q+1;/p-1. The monoisotopic (exact) mass is 430 g/mol. The largest absolute Gasteiger partial charge is 0.744 e. The van der Waals surface area contributed by atoms with Crippen molar-refractivity contribution in [3.05, 3.63) is 29.8 Å². The van der Waals surface area contributed by atoms with Crippen LogP contribution >= 0.6 is 0 Å². The summed E-state index contributed by atoms with van der Waals surface area (Å²) >= 11 is 0. The van der Waals surface area contributed by atoms with Gasteiger partial charge in [0.1, 0.15) is 16.7 Å². The molecule has 170 valence electrons. The van der Waals surface area contributed by atoms with Crippen LogP contribution in [0.4, 0.5) is 0 Å². The lowest BCUT2D eigenvalue weighted by atomic mass is 10.0. The molecule has 0 heterocycles. The summed E-state index contributed by atoms with van der Waals surface area (Å²) in [6.45, 7) is 12.2. The van der Waals surface area contributed by atoms with E-state index >= 15 is 0 Å². The molecule has 0 bridgehead atoms. The average molecular weight is 431 g/mol. The smallest absolute Gasteiger partial charge is 0.124 e. The number of hydrogen-bond donors (Lipinski definition) is 1. The minimum Gasteiger partial charge on any atom is -0.744 e. The van der Waals surface area contributed by atoms with Gasteiger partial charge in [-0.2, -0.15) is 0 Å². The Morgan fingerprint density at radius 2 is 1.62 bits per heavy atom. The molecule has 0 aliphatic carbocycles. The van der Waals surface area contributed by atoms with Crippen LogP contribution in [0.2, 0.25) is 0 Å². The van der Waals surface area contributed by atoms with Crippen molar-refractivity contribution in [3.63, 3.8) is 0 Å². The lowest BCUT2D eigenvalue weighted by Crippen LogP contribution is -2.47. The molecule has 6 nitrogen and oxygen atoms in total. The molecule has 29 heavy (non-hydrogen) atoms. The van der Waals surface area contributed by atoms with Gasteiger partial charge in [0.25, 0.3) is 0 Å². The first-order valence-corrected chi connectivity index (χ1v) is 11.9. The summed E-state index contributed by atoms with van der Waals surface area (Å²) in [5.41, 5.74) is 6.89. The van der Waals surface area contributed by atoms with Crippen molar-refractivity contribution >= 4 is 10.1 Å². The number of rotatable bonds is 12. The van der Waals surface area contributed by atoms with Gasteiger partial charge in [-0.1, -0.05) is 43.9 Å². The highest BCUT2D eigenvalue weighted by molar-refractivity contribution is 7.85. The van der Waals surface area contributed by atoms with E-state index in [0.717, 1.165) is 42.8 Å². The van der Waals surface area contributed by atoms with E-state index < -0.39 is 10.1 Å². The Morgan fingerprint density at radius 3 is 2.10 bits per heavy atom. The third-order valence-corrected chi connectivity index (χ3v) is 5.50. The molecule has 0 amide bonds. The molecule has 0 aliphatic heterocycles. The predicted molar refractivity (Wildman–Crippen MR) is 119 cm³/mol. The molecule has 0 aliphatic rings. The fraction of sp³-hybridized carbons (Fsp3) is 0.727. The molecule has 2 N–H and O–H groups in total. The van der Waals surface area contributed by atoms with Gasteiger partial charge in [0.15, 0.2) is 0 Å². The van der Waals surface area contributed by atoms with Crippen molar-refractivity contribution in [1.82, 2.24) is 0 Å². The Bertz CT molecular complexity index is 650. The van der Waals surface area contributed by atoms with Crippen molar-refractivity contribution in [2.24, 2.45) is 5.73 Å². The van der Waals surface area contributed by atoms with Gasteiger partial charge < -0.3 is 19.5 Å². The maximum absolute atomic E-state index is 10.4. The van der Waals surface area contributed by atoms with Gasteiger partial charge in [-0.25, -0.2) is 8.42 Å². The van der Waals surface area contributed by atoms with E-state index in [1.807, 2.05) is 6.92 Å². The molecule has 0 unspecified atom stereocenters. The highest BCUT2D eigenvalue weighted by Crippen LogP contribution is 2.09. The highest BCUT2D eigenvalue weighted by Gasteiger charge is 2.20. The van der Waals surface area contributed by atoms with E-state index in [4.69, 9.17) is 10.5 Å². The molecule has 0 atom stereocenters. The second kappa shape index (κ2) is 13.3. The number of nitrogens with two attached hydrogens (primary N) is 1. The highest BCUT2D eigenvalue weighted by atomic mass is 32.2. The summed E-state index contributed by atoms with van der Waals surface area (Å²) in [5, 5.41) is 0.